The Hall–Kier alpha value is -0.810. The summed E-state index contributed by atoms with van der Waals surface area (Å²) < 4.78 is 5.81. The van der Waals surface area contributed by atoms with E-state index in [0.717, 1.165) is 57.5 Å². The lowest BCUT2D eigenvalue weighted by Crippen LogP contribution is -2.44. The van der Waals surface area contributed by atoms with Crippen molar-refractivity contribution in [3.8, 4) is 0 Å². The molecule has 22 heavy (non-hydrogen) atoms. The van der Waals surface area contributed by atoms with E-state index < -0.39 is 0 Å². The minimum Gasteiger partial charge on any atom is -0.373 e. The quantitative estimate of drug-likeness (QED) is 0.580. The first-order valence-electron chi connectivity index (χ1n) is 9.00. The SMILES string of the molecule is CCNC(=NCC1(C)CCCO1)NCCN1CCCC(C)C1. The van der Waals surface area contributed by atoms with Crippen molar-refractivity contribution in [1.82, 2.24) is 15.5 Å². The molecule has 2 heterocycles. The lowest BCUT2D eigenvalue weighted by molar-refractivity contribution is 0.0283. The van der Waals surface area contributed by atoms with Crippen molar-refractivity contribution in [2.45, 2.75) is 52.1 Å². The van der Waals surface area contributed by atoms with Crippen LogP contribution in [-0.2, 0) is 4.74 Å². The molecule has 128 valence electrons. The number of aliphatic imine (C=N–C) groups is 1. The second-order valence-corrected chi connectivity index (χ2v) is 7.07. The summed E-state index contributed by atoms with van der Waals surface area (Å²) in [4.78, 5) is 7.28. The second-order valence-electron chi connectivity index (χ2n) is 7.07. The second kappa shape index (κ2) is 8.73. The normalized spacial score (nSPS) is 30.5. The van der Waals surface area contributed by atoms with Gasteiger partial charge in [0.25, 0.3) is 0 Å². The molecule has 0 aliphatic carbocycles. The maximum Gasteiger partial charge on any atom is 0.191 e. The molecule has 2 N–H and O–H groups in total. The van der Waals surface area contributed by atoms with Crippen LogP contribution in [0, 0.1) is 5.92 Å². The van der Waals surface area contributed by atoms with Gasteiger partial charge in [-0.1, -0.05) is 6.92 Å². The number of rotatable bonds is 6. The van der Waals surface area contributed by atoms with Crippen molar-refractivity contribution >= 4 is 5.96 Å². The largest absolute Gasteiger partial charge is 0.373 e. The van der Waals surface area contributed by atoms with Crippen molar-refractivity contribution in [1.29, 1.82) is 0 Å². The average molecular weight is 310 g/mol. The van der Waals surface area contributed by atoms with Gasteiger partial charge in [0.15, 0.2) is 5.96 Å². The van der Waals surface area contributed by atoms with Gasteiger partial charge in [0.2, 0.25) is 0 Å². The zero-order valence-electron chi connectivity index (χ0n) is 14.7. The molecule has 0 aromatic carbocycles. The molecule has 0 bridgehead atoms. The highest BCUT2D eigenvalue weighted by molar-refractivity contribution is 5.79. The number of ether oxygens (including phenoxy) is 1. The highest BCUT2D eigenvalue weighted by Gasteiger charge is 2.29. The minimum atomic E-state index is -0.0648. The van der Waals surface area contributed by atoms with Crippen LogP contribution in [0.25, 0.3) is 0 Å². The predicted molar refractivity (Wildman–Crippen MR) is 92.4 cm³/mol. The number of nitrogens with one attached hydrogen (secondary N) is 2. The van der Waals surface area contributed by atoms with Gasteiger partial charge in [0.05, 0.1) is 12.1 Å². The third-order valence-electron chi connectivity index (χ3n) is 4.68. The van der Waals surface area contributed by atoms with E-state index in [9.17, 15) is 0 Å². The van der Waals surface area contributed by atoms with E-state index in [0.29, 0.717) is 0 Å². The van der Waals surface area contributed by atoms with E-state index in [1.54, 1.807) is 0 Å². The summed E-state index contributed by atoms with van der Waals surface area (Å²) in [6.07, 6.45) is 4.99. The average Bonchev–Trinajstić information content (AvgIpc) is 2.92. The van der Waals surface area contributed by atoms with Crippen LogP contribution >= 0.6 is 0 Å². The van der Waals surface area contributed by atoms with Crippen LogP contribution in [0.1, 0.15) is 46.5 Å². The van der Waals surface area contributed by atoms with Gasteiger partial charge in [0, 0.05) is 32.8 Å². The Bertz CT molecular complexity index is 353. The van der Waals surface area contributed by atoms with Crippen LogP contribution in [-0.4, -0.2) is 62.3 Å². The summed E-state index contributed by atoms with van der Waals surface area (Å²) in [5.74, 6) is 1.76. The number of hydrogen-bond acceptors (Lipinski definition) is 3. The van der Waals surface area contributed by atoms with Gasteiger partial charge in [0.1, 0.15) is 0 Å². The van der Waals surface area contributed by atoms with Gasteiger partial charge in [-0.25, -0.2) is 0 Å². The monoisotopic (exact) mass is 310 g/mol. The van der Waals surface area contributed by atoms with Gasteiger partial charge in [-0.3, -0.25) is 4.99 Å². The lowest BCUT2D eigenvalue weighted by Gasteiger charge is -2.31. The Morgan fingerprint density at radius 2 is 2.23 bits per heavy atom. The van der Waals surface area contributed by atoms with Gasteiger partial charge >= 0.3 is 0 Å². The molecule has 2 unspecified atom stereocenters. The first kappa shape index (κ1) is 17.5. The van der Waals surface area contributed by atoms with Crippen molar-refractivity contribution in [3.05, 3.63) is 0 Å². The highest BCUT2D eigenvalue weighted by atomic mass is 16.5. The van der Waals surface area contributed by atoms with Crippen LogP contribution in [0.3, 0.4) is 0 Å². The summed E-state index contributed by atoms with van der Waals surface area (Å²) in [5.41, 5.74) is -0.0648. The Kier molecular flexibility index (Phi) is 6.96. The third-order valence-corrected chi connectivity index (χ3v) is 4.68. The van der Waals surface area contributed by atoms with E-state index in [2.05, 4.69) is 36.3 Å². The molecule has 0 aromatic heterocycles. The predicted octanol–water partition coefficient (Wildman–Crippen LogP) is 1.84. The standard InChI is InChI=1S/C17H34N4O/c1-4-18-16(20-14-17(3)8-6-12-22-17)19-9-11-21-10-5-7-15(2)13-21/h15H,4-14H2,1-3H3,(H2,18,19,20). The summed E-state index contributed by atoms with van der Waals surface area (Å²) in [6, 6.07) is 0. The van der Waals surface area contributed by atoms with Crippen LogP contribution in [0.5, 0.6) is 0 Å². The van der Waals surface area contributed by atoms with Crippen LogP contribution in [0.15, 0.2) is 4.99 Å². The molecule has 2 fully saturated rings. The number of piperidine rings is 1. The van der Waals surface area contributed by atoms with Crippen molar-refractivity contribution in [3.63, 3.8) is 0 Å². The fourth-order valence-corrected chi connectivity index (χ4v) is 3.37. The molecule has 0 saturated carbocycles. The smallest absolute Gasteiger partial charge is 0.191 e. The fraction of sp³-hybridized carbons (Fsp3) is 0.941. The molecule has 2 aliphatic heterocycles. The summed E-state index contributed by atoms with van der Waals surface area (Å²) in [5, 5.41) is 6.80. The van der Waals surface area contributed by atoms with E-state index in [-0.39, 0.29) is 5.60 Å². The maximum atomic E-state index is 5.81. The molecule has 2 saturated heterocycles. The first-order valence-corrected chi connectivity index (χ1v) is 9.00. The Morgan fingerprint density at radius 3 is 2.91 bits per heavy atom. The van der Waals surface area contributed by atoms with Gasteiger partial charge < -0.3 is 20.3 Å². The van der Waals surface area contributed by atoms with Crippen LogP contribution in [0.4, 0.5) is 0 Å². The van der Waals surface area contributed by atoms with Crippen molar-refractivity contribution < 1.29 is 4.74 Å². The van der Waals surface area contributed by atoms with Crippen molar-refractivity contribution in [2.24, 2.45) is 10.9 Å². The Morgan fingerprint density at radius 1 is 1.36 bits per heavy atom. The van der Waals surface area contributed by atoms with E-state index in [1.165, 1.54) is 25.9 Å². The number of nitrogens with zero attached hydrogens (tertiary/aromatic N) is 2. The molecule has 0 spiro atoms. The molecular formula is C17H34N4O. The fourth-order valence-electron chi connectivity index (χ4n) is 3.37. The zero-order valence-corrected chi connectivity index (χ0v) is 14.7. The minimum absolute atomic E-state index is 0.0648. The molecule has 2 rings (SSSR count). The zero-order chi connectivity index (χ0) is 15.8. The lowest BCUT2D eigenvalue weighted by atomic mass is 10.0. The van der Waals surface area contributed by atoms with Gasteiger partial charge in [-0.05, 0) is 52.0 Å². The number of hydrogen-bond donors (Lipinski definition) is 2. The molecule has 2 atom stereocenters. The van der Waals surface area contributed by atoms with E-state index in [1.807, 2.05) is 0 Å². The Balaban J connectivity index is 1.73. The summed E-state index contributed by atoms with van der Waals surface area (Å²) >= 11 is 0. The van der Waals surface area contributed by atoms with Crippen LogP contribution in [0.2, 0.25) is 0 Å². The summed E-state index contributed by atoms with van der Waals surface area (Å²) in [7, 11) is 0. The van der Waals surface area contributed by atoms with Gasteiger partial charge in [-0.15, -0.1) is 0 Å². The van der Waals surface area contributed by atoms with Crippen molar-refractivity contribution in [2.75, 3.05) is 45.9 Å². The number of likely N-dealkylation sites (tertiary alicyclic amines) is 1. The van der Waals surface area contributed by atoms with E-state index >= 15 is 0 Å². The molecular weight excluding hydrogens is 276 g/mol. The first-order chi connectivity index (χ1) is 10.6. The van der Waals surface area contributed by atoms with Crippen LogP contribution < -0.4 is 10.6 Å². The molecule has 5 heteroatoms. The molecule has 0 radical (unpaired) electrons. The third kappa shape index (κ3) is 5.76. The topological polar surface area (TPSA) is 48.9 Å². The maximum absolute atomic E-state index is 5.81. The Labute approximate surface area is 135 Å². The van der Waals surface area contributed by atoms with E-state index in [4.69, 9.17) is 9.73 Å². The molecule has 0 amide bonds. The highest BCUT2D eigenvalue weighted by Crippen LogP contribution is 2.24. The molecule has 5 nitrogen and oxygen atoms in total. The summed E-state index contributed by atoms with van der Waals surface area (Å²) in [6.45, 7) is 13.7. The molecule has 0 aromatic rings. The molecule has 2 aliphatic rings. The number of guanidine groups is 1. The van der Waals surface area contributed by atoms with Gasteiger partial charge in [-0.2, -0.15) is 0 Å².